The molecule has 0 saturated heterocycles. The Kier molecular flexibility index (Phi) is 6.78. The van der Waals surface area contributed by atoms with E-state index in [1.807, 2.05) is 33.3 Å². The fourth-order valence-corrected chi connectivity index (χ4v) is 1.68. The minimum Gasteiger partial charge on any atom is -0.545 e. The number of hydrogen-bond donors (Lipinski definition) is 3. The summed E-state index contributed by atoms with van der Waals surface area (Å²) in [6.07, 6.45) is 1.28. The summed E-state index contributed by atoms with van der Waals surface area (Å²) in [5.41, 5.74) is -0.111. The highest BCUT2D eigenvalue weighted by molar-refractivity contribution is 6.02. The standard InChI is InChI=1S/C12H21N3O4/c1-12(2,8-15(3)4)7-13-11(19)14-9(16)5-6-10(17)18/h5-6H,7-8H2,1-4H3,(H,17,18)(H2,13,14,16,19)/b6-5+. The zero-order valence-electron chi connectivity index (χ0n) is 11.7. The van der Waals surface area contributed by atoms with E-state index in [1.165, 1.54) is 4.90 Å². The van der Waals surface area contributed by atoms with Gasteiger partial charge in [-0.15, -0.1) is 0 Å². The van der Waals surface area contributed by atoms with Crippen LogP contribution in [0.5, 0.6) is 0 Å². The maximum atomic E-state index is 11.4. The van der Waals surface area contributed by atoms with E-state index in [1.54, 1.807) is 0 Å². The lowest BCUT2D eigenvalue weighted by atomic mass is 9.93. The maximum Gasteiger partial charge on any atom is 0.321 e. The van der Waals surface area contributed by atoms with E-state index < -0.39 is 17.9 Å². The van der Waals surface area contributed by atoms with Crippen LogP contribution in [0.15, 0.2) is 12.2 Å². The molecule has 3 amide bonds. The Hall–Kier alpha value is -1.89. The molecule has 0 radical (unpaired) electrons. The summed E-state index contributed by atoms with van der Waals surface area (Å²) in [5, 5.41) is 14.6. The number of carbonyl (C=O) groups excluding carboxylic acids is 3. The molecular formula is C12H21N3O4. The molecule has 7 heteroatoms. The quantitative estimate of drug-likeness (QED) is 0.457. The predicted molar refractivity (Wildman–Crippen MR) is 67.1 cm³/mol. The molecule has 0 aromatic rings. The predicted octanol–water partition coefficient (Wildman–Crippen LogP) is -2.71. The van der Waals surface area contributed by atoms with Crippen LogP contribution < -0.4 is 20.6 Å². The first kappa shape index (κ1) is 17.1. The molecule has 0 aliphatic rings. The summed E-state index contributed by atoms with van der Waals surface area (Å²) < 4.78 is 0. The lowest BCUT2D eigenvalue weighted by Crippen LogP contribution is -3.07. The molecule has 7 nitrogen and oxygen atoms in total. The first-order valence-corrected chi connectivity index (χ1v) is 5.89. The fourth-order valence-electron chi connectivity index (χ4n) is 1.68. The normalized spacial score (nSPS) is 11.6. The van der Waals surface area contributed by atoms with Crippen molar-refractivity contribution >= 4 is 17.9 Å². The number of imide groups is 1. The number of rotatable bonds is 6. The van der Waals surface area contributed by atoms with Crippen molar-refractivity contribution < 1.29 is 24.4 Å². The third kappa shape index (κ3) is 9.78. The molecule has 0 heterocycles. The number of quaternary nitrogens is 1. The van der Waals surface area contributed by atoms with Gasteiger partial charge in [0.05, 0.1) is 26.6 Å². The molecule has 0 aromatic heterocycles. The summed E-state index contributed by atoms with van der Waals surface area (Å²) in [5.74, 6) is -2.30. The van der Waals surface area contributed by atoms with Crippen LogP contribution in [0.3, 0.4) is 0 Å². The van der Waals surface area contributed by atoms with Crippen molar-refractivity contribution in [2.45, 2.75) is 13.8 Å². The van der Waals surface area contributed by atoms with Gasteiger partial charge in [0.25, 0.3) is 5.91 Å². The number of nitrogens with one attached hydrogen (secondary N) is 3. The summed E-state index contributed by atoms with van der Waals surface area (Å²) in [7, 11) is 4.02. The van der Waals surface area contributed by atoms with Gasteiger partial charge < -0.3 is 20.1 Å². The second kappa shape index (κ2) is 7.52. The van der Waals surface area contributed by atoms with E-state index in [2.05, 4.69) is 5.32 Å². The molecule has 0 atom stereocenters. The number of aliphatic carboxylic acids is 1. The van der Waals surface area contributed by atoms with Gasteiger partial charge in [-0.2, -0.15) is 0 Å². The van der Waals surface area contributed by atoms with Crippen molar-refractivity contribution in [3.8, 4) is 0 Å². The van der Waals surface area contributed by atoms with E-state index in [9.17, 15) is 19.5 Å². The summed E-state index contributed by atoms with van der Waals surface area (Å²) in [6.45, 7) is 5.25. The zero-order chi connectivity index (χ0) is 15.1. The molecule has 108 valence electrons. The van der Waals surface area contributed by atoms with Crippen molar-refractivity contribution in [3.05, 3.63) is 12.2 Å². The van der Waals surface area contributed by atoms with E-state index in [4.69, 9.17) is 0 Å². The van der Waals surface area contributed by atoms with Crippen molar-refractivity contribution in [1.82, 2.24) is 10.6 Å². The second-order valence-electron chi connectivity index (χ2n) is 5.37. The first-order chi connectivity index (χ1) is 8.62. The van der Waals surface area contributed by atoms with Gasteiger partial charge in [0.15, 0.2) is 0 Å². The summed E-state index contributed by atoms with van der Waals surface area (Å²) in [4.78, 5) is 33.8. The first-order valence-electron chi connectivity index (χ1n) is 5.89. The molecule has 0 unspecified atom stereocenters. The molecule has 19 heavy (non-hydrogen) atoms. The van der Waals surface area contributed by atoms with E-state index in [0.29, 0.717) is 12.6 Å². The molecule has 0 aromatic carbocycles. The average Bonchev–Trinajstić information content (AvgIpc) is 2.22. The highest BCUT2D eigenvalue weighted by Gasteiger charge is 2.22. The molecule has 0 saturated carbocycles. The average molecular weight is 271 g/mol. The number of carboxylic acids is 1. The maximum absolute atomic E-state index is 11.4. The second-order valence-corrected chi connectivity index (χ2v) is 5.37. The van der Waals surface area contributed by atoms with Gasteiger partial charge >= 0.3 is 6.03 Å². The Bertz CT molecular complexity index is 375. The highest BCUT2D eigenvalue weighted by atomic mass is 16.4. The lowest BCUT2D eigenvalue weighted by Gasteiger charge is -2.25. The van der Waals surface area contributed by atoms with Gasteiger partial charge in [-0.1, -0.05) is 13.8 Å². The van der Waals surface area contributed by atoms with Crippen LogP contribution in [0.25, 0.3) is 0 Å². The van der Waals surface area contributed by atoms with Crippen LogP contribution in [-0.4, -0.2) is 45.1 Å². The SMILES string of the molecule is C[NH+](C)CC(C)(C)CNC(=O)NC(=O)/C=C/C(=O)[O-]. The number of amides is 3. The van der Waals surface area contributed by atoms with Crippen molar-refractivity contribution in [2.75, 3.05) is 27.2 Å². The number of carboxylic acid groups (broad SMARTS) is 1. The third-order valence-electron chi connectivity index (χ3n) is 2.17. The van der Waals surface area contributed by atoms with Crippen LogP contribution in [0.1, 0.15) is 13.8 Å². The number of carbonyl (C=O) groups is 3. The Labute approximate surface area is 112 Å². The fraction of sp³-hybridized carbons (Fsp3) is 0.583. The van der Waals surface area contributed by atoms with Gasteiger partial charge in [-0.25, -0.2) is 4.79 Å². The van der Waals surface area contributed by atoms with Crippen molar-refractivity contribution in [3.63, 3.8) is 0 Å². The largest absolute Gasteiger partial charge is 0.545 e. The molecule has 0 fully saturated rings. The third-order valence-corrected chi connectivity index (χ3v) is 2.17. The van der Waals surface area contributed by atoms with Crippen LogP contribution in [-0.2, 0) is 9.59 Å². The van der Waals surface area contributed by atoms with E-state index in [-0.39, 0.29) is 5.41 Å². The molecule has 0 rings (SSSR count). The molecule has 3 N–H and O–H groups in total. The van der Waals surface area contributed by atoms with Crippen LogP contribution in [0, 0.1) is 5.41 Å². The van der Waals surface area contributed by atoms with Gasteiger partial charge in [-0.05, 0) is 6.08 Å². The Balaban J connectivity index is 4.12. The Morgan fingerprint density at radius 3 is 2.26 bits per heavy atom. The molecule has 0 aliphatic carbocycles. The van der Waals surface area contributed by atoms with Gasteiger partial charge in [-0.3, -0.25) is 10.1 Å². The van der Waals surface area contributed by atoms with Gasteiger partial charge in [0.1, 0.15) is 0 Å². The molecule has 0 bridgehead atoms. The number of urea groups is 1. The van der Waals surface area contributed by atoms with E-state index in [0.717, 1.165) is 12.6 Å². The van der Waals surface area contributed by atoms with Crippen molar-refractivity contribution in [1.29, 1.82) is 0 Å². The monoisotopic (exact) mass is 271 g/mol. The Morgan fingerprint density at radius 1 is 1.21 bits per heavy atom. The lowest BCUT2D eigenvalue weighted by molar-refractivity contribution is -0.865. The van der Waals surface area contributed by atoms with Gasteiger partial charge in [0.2, 0.25) is 0 Å². The smallest absolute Gasteiger partial charge is 0.321 e. The topological polar surface area (TPSA) is 103 Å². The number of hydrogen-bond acceptors (Lipinski definition) is 4. The molecule has 0 spiro atoms. The van der Waals surface area contributed by atoms with Crippen LogP contribution in [0.4, 0.5) is 4.79 Å². The van der Waals surface area contributed by atoms with Crippen LogP contribution in [0.2, 0.25) is 0 Å². The van der Waals surface area contributed by atoms with E-state index >= 15 is 0 Å². The molecule has 0 aliphatic heterocycles. The van der Waals surface area contributed by atoms with Crippen molar-refractivity contribution in [2.24, 2.45) is 5.41 Å². The molecular weight excluding hydrogens is 250 g/mol. The summed E-state index contributed by atoms with van der Waals surface area (Å²) >= 11 is 0. The minimum atomic E-state index is -1.49. The zero-order valence-corrected chi connectivity index (χ0v) is 11.7. The van der Waals surface area contributed by atoms with Gasteiger partial charge in [0, 0.05) is 18.0 Å². The van der Waals surface area contributed by atoms with Crippen LogP contribution >= 0.6 is 0 Å². The highest BCUT2D eigenvalue weighted by Crippen LogP contribution is 2.09. The minimum absolute atomic E-state index is 0.111. The Morgan fingerprint density at radius 2 is 1.79 bits per heavy atom. The summed E-state index contributed by atoms with van der Waals surface area (Å²) in [6, 6.07) is -0.658.